The van der Waals surface area contributed by atoms with Gasteiger partial charge in [-0.3, -0.25) is 0 Å². The van der Waals surface area contributed by atoms with Gasteiger partial charge in [-0.25, -0.2) is 0 Å². The fraction of sp³-hybridized carbons (Fsp3) is 0.667. The molecule has 3 rings (SSSR count). The summed E-state index contributed by atoms with van der Waals surface area (Å²) in [6.07, 6.45) is 9.09. The minimum atomic E-state index is 0.366. The average molecular weight is 307 g/mol. The highest BCUT2D eigenvalue weighted by Crippen LogP contribution is 2.32. The Morgan fingerprint density at radius 1 is 1.14 bits per heavy atom. The van der Waals surface area contributed by atoms with Gasteiger partial charge < -0.3 is 10.2 Å². The quantitative estimate of drug-likeness (QED) is 0.913. The number of nitrogens with one attached hydrogen (secondary N) is 1. The maximum Gasteiger partial charge on any atom is 0.0408 e. The third-order valence-corrected chi connectivity index (χ3v) is 5.79. The first-order valence-electron chi connectivity index (χ1n) is 8.27. The summed E-state index contributed by atoms with van der Waals surface area (Å²) in [5.41, 5.74) is 3.27. The molecule has 2 nitrogen and oxygen atoms in total. The van der Waals surface area contributed by atoms with E-state index in [1.807, 2.05) is 6.07 Å². The normalized spacial score (nSPS) is 24.3. The summed E-state index contributed by atoms with van der Waals surface area (Å²) in [6, 6.07) is 6.94. The molecule has 0 aliphatic heterocycles. The van der Waals surface area contributed by atoms with E-state index in [1.54, 1.807) is 0 Å². The lowest BCUT2D eigenvalue weighted by Crippen LogP contribution is -2.54. The van der Waals surface area contributed by atoms with Gasteiger partial charge in [-0.2, -0.15) is 0 Å². The molecule has 1 saturated carbocycles. The zero-order chi connectivity index (χ0) is 14.9. The third-order valence-electron chi connectivity index (χ3n) is 5.55. The van der Waals surface area contributed by atoms with Crippen molar-refractivity contribution in [2.24, 2.45) is 0 Å². The van der Waals surface area contributed by atoms with Crippen molar-refractivity contribution in [3.8, 4) is 0 Å². The van der Waals surface area contributed by atoms with E-state index in [9.17, 15) is 0 Å². The van der Waals surface area contributed by atoms with Crippen LogP contribution in [0.3, 0.4) is 0 Å². The molecule has 0 aromatic heterocycles. The van der Waals surface area contributed by atoms with E-state index in [2.05, 4.69) is 36.4 Å². The maximum absolute atomic E-state index is 6.11. The van der Waals surface area contributed by atoms with Crippen molar-refractivity contribution in [2.75, 3.05) is 20.6 Å². The fourth-order valence-corrected chi connectivity index (χ4v) is 4.25. The van der Waals surface area contributed by atoms with Gasteiger partial charge in [-0.15, -0.1) is 0 Å². The van der Waals surface area contributed by atoms with Gasteiger partial charge in [0.2, 0.25) is 0 Å². The molecular formula is C18H27ClN2. The molecule has 0 bridgehead atoms. The molecule has 0 spiro atoms. The lowest BCUT2D eigenvalue weighted by atomic mass is 9.80. The molecule has 21 heavy (non-hydrogen) atoms. The zero-order valence-electron chi connectivity index (χ0n) is 13.3. The van der Waals surface area contributed by atoms with E-state index in [0.29, 0.717) is 11.6 Å². The highest BCUT2D eigenvalue weighted by Gasteiger charge is 2.35. The molecule has 2 aliphatic rings. The molecule has 2 aliphatic carbocycles. The number of likely N-dealkylation sites (N-methyl/N-ethyl adjacent to an activating group) is 1. The van der Waals surface area contributed by atoms with Crippen LogP contribution in [0.4, 0.5) is 0 Å². The van der Waals surface area contributed by atoms with Gasteiger partial charge in [0.15, 0.2) is 0 Å². The molecule has 1 aromatic rings. The second-order valence-electron chi connectivity index (χ2n) is 7.08. The first-order valence-corrected chi connectivity index (χ1v) is 8.65. The van der Waals surface area contributed by atoms with Gasteiger partial charge in [-0.1, -0.05) is 36.9 Å². The van der Waals surface area contributed by atoms with Gasteiger partial charge in [0.05, 0.1) is 0 Å². The second kappa shape index (κ2) is 6.28. The van der Waals surface area contributed by atoms with Crippen LogP contribution < -0.4 is 5.32 Å². The van der Waals surface area contributed by atoms with Crippen molar-refractivity contribution in [3.05, 3.63) is 34.3 Å². The van der Waals surface area contributed by atoms with Crippen LogP contribution in [0.5, 0.6) is 0 Å². The molecule has 0 saturated heterocycles. The van der Waals surface area contributed by atoms with Gasteiger partial charge in [-0.05, 0) is 63.0 Å². The van der Waals surface area contributed by atoms with E-state index < -0.39 is 0 Å². The van der Waals surface area contributed by atoms with Crippen LogP contribution in [-0.4, -0.2) is 37.1 Å². The molecule has 1 N–H and O–H groups in total. The summed E-state index contributed by atoms with van der Waals surface area (Å²) in [6.45, 7) is 1.12. The standard InChI is InChI=1S/C18H27ClN2/c1-21(2)18(8-4-3-5-9-18)13-20-17-11-14-6-7-16(19)10-15(14)12-17/h6-7,10,17,20H,3-5,8-9,11-13H2,1-2H3. The Bertz CT molecular complexity index is 492. The predicted molar refractivity (Wildman–Crippen MR) is 90.2 cm³/mol. The fourth-order valence-electron chi connectivity index (χ4n) is 4.06. The highest BCUT2D eigenvalue weighted by molar-refractivity contribution is 6.30. The van der Waals surface area contributed by atoms with Gasteiger partial charge in [0, 0.05) is 23.1 Å². The van der Waals surface area contributed by atoms with Gasteiger partial charge in [0.25, 0.3) is 0 Å². The lowest BCUT2D eigenvalue weighted by molar-refractivity contribution is 0.0955. The average Bonchev–Trinajstić information content (AvgIpc) is 2.88. The van der Waals surface area contributed by atoms with Crippen molar-refractivity contribution < 1.29 is 0 Å². The smallest absolute Gasteiger partial charge is 0.0408 e. The molecule has 1 unspecified atom stereocenters. The number of rotatable bonds is 4. The summed E-state index contributed by atoms with van der Waals surface area (Å²) >= 11 is 6.11. The van der Waals surface area contributed by atoms with E-state index in [0.717, 1.165) is 24.4 Å². The molecule has 1 atom stereocenters. The van der Waals surface area contributed by atoms with Crippen molar-refractivity contribution >= 4 is 11.6 Å². The first kappa shape index (κ1) is 15.3. The van der Waals surface area contributed by atoms with Crippen LogP contribution in [-0.2, 0) is 12.8 Å². The Balaban J connectivity index is 1.61. The molecule has 1 fully saturated rings. The van der Waals surface area contributed by atoms with Crippen molar-refractivity contribution in [1.82, 2.24) is 10.2 Å². The van der Waals surface area contributed by atoms with Crippen molar-refractivity contribution in [2.45, 2.75) is 56.5 Å². The number of halogens is 1. The molecule has 0 amide bonds. The van der Waals surface area contributed by atoms with E-state index in [-0.39, 0.29) is 0 Å². The summed E-state index contributed by atoms with van der Waals surface area (Å²) in [5.74, 6) is 0. The minimum absolute atomic E-state index is 0.366. The van der Waals surface area contributed by atoms with E-state index in [1.165, 1.54) is 43.2 Å². The molecule has 3 heteroatoms. The maximum atomic E-state index is 6.11. The second-order valence-corrected chi connectivity index (χ2v) is 7.51. The summed E-state index contributed by atoms with van der Waals surface area (Å²) in [7, 11) is 4.49. The van der Waals surface area contributed by atoms with Gasteiger partial charge in [0.1, 0.15) is 0 Å². The molecule has 1 aromatic carbocycles. The summed E-state index contributed by atoms with van der Waals surface area (Å²) in [5, 5.41) is 4.72. The van der Waals surface area contributed by atoms with Crippen LogP contribution in [0, 0.1) is 0 Å². The van der Waals surface area contributed by atoms with Crippen LogP contribution in [0.25, 0.3) is 0 Å². The Hall–Kier alpha value is -0.570. The Morgan fingerprint density at radius 2 is 1.86 bits per heavy atom. The van der Waals surface area contributed by atoms with Crippen molar-refractivity contribution in [1.29, 1.82) is 0 Å². The van der Waals surface area contributed by atoms with Crippen LogP contribution in [0.2, 0.25) is 5.02 Å². The predicted octanol–water partition coefficient (Wildman–Crippen LogP) is 3.66. The van der Waals surface area contributed by atoms with Crippen LogP contribution in [0.15, 0.2) is 18.2 Å². The first-order chi connectivity index (χ1) is 10.1. The number of benzene rings is 1. The van der Waals surface area contributed by atoms with E-state index in [4.69, 9.17) is 11.6 Å². The Kier molecular flexibility index (Phi) is 4.58. The Labute approximate surface area is 133 Å². The summed E-state index contributed by atoms with van der Waals surface area (Å²) in [4.78, 5) is 2.46. The van der Waals surface area contributed by atoms with Gasteiger partial charge >= 0.3 is 0 Å². The van der Waals surface area contributed by atoms with E-state index >= 15 is 0 Å². The molecular weight excluding hydrogens is 280 g/mol. The molecule has 116 valence electrons. The van der Waals surface area contributed by atoms with Crippen molar-refractivity contribution in [3.63, 3.8) is 0 Å². The zero-order valence-corrected chi connectivity index (χ0v) is 14.0. The summed E-state index contributed by atoms with van der Waals surface area (Å²) < 4.78 is 0. The highest BCUT2D eigenvalue weighted by atomic mass is 35.5. The number of nitrogens with zero attached hydrogens (tertiary/aromatic N) is 1. The van der Waals surface area contributed by atoms with Crippen LogP contribution >= 0.6 is 11.6 Å². The largest absolute Gasteiger partial charge is 0.311 e. The number of hydrogen-bond acceptors (Lipinski definition) is 2. The molecule has 0 heterocycles. The number of fused-ring (bicyclic) bond motifs is 1. The minimum Gasteiger partial charge on any atom is -0.311 e. The van der Waals surface area contributed by atoms with Crippen LogP contribution in [0.1, 0.15) is 43.2 Å². The monoisotopic (exact) mass is 306 g/mol. The topological polar surface area (TPSA) is 15.3 Å². The Morgan fingerprint density at radius 3 is 2.57 bits per heavy atom. The molecule has 0 radical (unpaired) electrons. The number of hydrogen-bond donors (Lipinski definition) is 1. The SMILES string of the molecule is CN(C)C1(CNC2Cc3ccc(Cl)cc3C2)CCCCC1. The third kappa shape index (κ3) is 3.28. The lowest BCUT2D eigenvalue weighted by Gasteiger charge is -2.44.